The second kappa shape index (κ2) is 5.57. The lowest BCUT2D eigenvalue weighted by atomic mass is 10.4. The van der Waals surface area contributed by atoms with Gasteiger partial charge < -0.3 is 14.5 Å². The average Bonchev–Trinajstić information content (AvgIpc) is 2.98. The first-order valence-corrected chi connectivity index (χ1v) is 5.62. The molecule has 1 N–H and O–H groups in total. The van der Waals surface area contributed by atoms with Crippen LogP contribution in [0.5, 0.6) is 0 Å². The highest BCUT2D eigenvalue weighted by molar-refractivity contribution is 6.29. The van der Waals surface area contributed by atoms with E-state index in [0.717, 1.165) is 0 Å². The molecule has 100 valence electrons. The standard InChI is InChI=1S/C11H10ClN3O4/c1-18-10(16)6-15-5-7(4-13-15)14-11(17)8-2-3-9(12)19-8/h2-5H,6H2,1H3,(H,14,17). The number of aromatic nitrogens is 2. The molecule has 2 rings (SSSR count). The Bertz CT molecular complexity index is 605. The van der Waals surface area contributed by atoms with Gasteiger partial charge in [0.15, 0.2) is 11.0 Å². The lowest BCUT2D eigenvalue weighted by Gasteiger charge is -1.99. The van der Waals surface area contributed by atoms with E-state index in [1.54, 1.807) is 0 Å². The molecule has 0 unspecified atom stereocenters. The largest absolute Gasteiger partial charge is 0.468 e. The Labute approximate surface area is 113 Å². The monoisotopic (exact) mass is 283 g/mol. The van der Waals surface area contributed by atoms with E-state index >= 15 is 0 Å². The minimum absolute atomic E-state index is 0.0288. The van der Waals surface area contributed by atoms with Gasteiger partial charge in [0, 0.05) is 6.20 Å². The zero-order chi connectivity index (χ0) is 13.8. The smallest absolute Gasteiger partial charge is 0.327 e. The van der Waals surface area contributed by atoms with Crippen molar-refractivity contribution >= 4 is 29.2 Å². The molecule has 8 heteroatoms. The molecule has 7 nitrogen and oxygen atoms in total. The van der Waals surface area contributed by atoms with E-state index in [4.69, 9.17) is 16.0 Å². The Morgan fingerprint density at radius 3 is 2.95 bits per heavy atom. The van der Waals surface area contributed by atoms with Crippen LogP contribution in [0.15, 0.2) is 28.9 Å². The molecule has 0 aromatic carbocycles. The van der Waals surface area contributed by atoms with Gasteiger partial charge in [0.1, 0.15) is 6.54 Å². The van der Waals surface area contributed by atoms with E-state index in [9.17, 15) is 9.59 Å². The number of rotatable bonds is 4. The zero-order valence-corrected chi connectivity index (χ0v) is 10.7. The Morgan fingerprint density at radius 2 is 2.32 bits per heavy atom. The number of carbonyl (C=O) groups is 2. The summed E-state index contributed by atoms with van der Waals surface area (Å²) in [4.78, 5) is 22.8. The molecule has 0 saturated carbocycles. The molecule has 2 aromatic rings. The van der Waals surface area contributed by atoms with Gasteiger partial charge >= 0.3 is 5.97 Å². The summed E-state index contributed by atoms with van der Waals surface area (Å²) in [6.45, 7) is -0.0288. The van der Waals surface area contributed by atoms with Crippen molar-refractivity contribution in [3.8, 4) is 0 Å². The summed E-state index contributed by atoms with van der Waals surface area (Å²) < 4.78 is 10.8. The topological polar surface area (TPSA) is 86.4 Å². The molecule has 0 radical (unpaired) electrons. The van der Waals surface area contributed by atoms with Gasteiger partial charge in [-0.1, -0.05) is 0 Å². The number of nitrogens with zero attached hydrogens (tertiary/aromatic N) is 2. The minimum atomic E-state index is -0.454. The van der Waals surface area contributed by atoms with Gasteiger partial charge in [-0.3, -0.25) is 14.3 Å². The van der Waals surface area contributed by atoms with E-state index < -0.39 is 11.9 Å². The van der Waals surface area contributed by atoms with Crippen LogP contribution in [0, 0.1) is 0 Å². The predicted octanol–water partition coefficient (Wildman–Crippen LogP) is 1.55. The predicted molar refractivity (Wildman–Crippen MR) is 65.9 cm³/mol. The highest BCUT2D eigenvalue weighted by atomic mass is 35.5. The number of anilines is 1. The molecular formula is C11H10ClN3O4. The number of ether oxygens (including phenoxy) is 1. The van der Waals surface area contributed by atoms with E-state index in [2.05, 4.69) is 15.2 Å². The van der Waals surface area contributed by atoms with Gasteiger partial charge in [-0.2, -0.15) is 5.10 Å². The quantitative estimate of drug-likeness (QED) is 0.861. The van der Waals surface area contributed by atoms with Crippen LogP contribution in [0.3, 0.4) is 0 Å². The van der Waals surface area contributed by atoms with E-state index in [1.165, 1.54) is 36.3 Å². The number of hydrogen-bond acceptors (Lipinski definition) is 5. The van der Waals surface area contributed by atoms with E-state index in [-0.39, 0.29) is 17.5 Å². The van der Waals surface area contributed by atoms with Gasteiger partial charge in [0.05, 0.1) is 19.0 Å². The van der Waals surface area contributed by atoms with Gasteiger partial charge in [0.2, 0.25) is 0 Å². The first-order chi connectivity index (χ1) is 9.08. The van der Waals surface area contributed by atoms with Crippen LogP contribution in [-0.2, 0) is 16.1 Å². The molecule has 0 bridgehead atoms. The third-order valence-electron chi connectivity index (χ3n) is 2.21. The van der Waals surface area contributed by atoms with Crippen LogP contribution in [0.25, 0.3) is 0 Å². The molecule has 1 amide bonds. The number of amides is 1. The minimum Gasteiger partial charge on any atom is -0.468 e. The van der Waals surface area contributed by atoms with Gasteiger partial charge in [-0.05, 0) is 23.7 Å². The Balaban J connectivity index is 2.00. The third kappa shape index (κ3) is 3.35. The molecule has 2 heterocycles. The maximum absolute atomic E-state index is 11.7. The molecule has 0 aliphatic rings. The first-order valence-electron chi connectivity index (χ1n) is 5.24. The van der Waals surface area contributed by atoms with E-state index in [0.29, 0.717) is 5.69 Å². The van der Waals surface area contributed by atoms with Crippen LogP contribution < -0.4 is 5.32 Å². The fraction of sp³-hybridized carbons (Fsp3) is 0.182. The fourth-order valence-electron chi connectivity index (χ4n) is 1.34. The molecule has 0 fully saturated rings. The number of methoxy groups -OCH3 is 1. The molecule has 0 spiro atoms. The third-order valence-corrected chi connectivity index (χ3v) is 2.41. The number of hydrogen-bond donors (Lipinski definition) is 1. The van der Waals surface area contributed by atoms with Gasteiger partial charge in [-0.25, -0.2) is 0 Å². The lowest BCUT2D eigenvalue weighted by molar-refractivity contribution is -0.141. The first kappa shape index (κ1) is 13.2. The normalized spacial score (nSPS) is 10.2. The van der Waals surface area contributed by atoms with Gasteiger partial charge in [0.25, 0.3) is 5.91 Å². The summed E-state index contributed by atoms with van der Waals surface area (Å²) in [5.74, 6) is -0.797. The highest BCUT2D eigenvalue weighted by Gasteiger charge is 2.12. The zero-order valence-electron chi connectivity index (χ0n) is 9.92. The number of esters is 1. The van der Waals surface area contributed by atoms with Crippen molar-refractivity contribution in [2.75, 3.05) is 12.4 Å². The van der Waals surface area contributed by atoms with Crippen LogP contribution >= 0.6 is 11.6 Å². The van der Waals surface area contributed by atoms with E-state index in [1.807, 2.05) is 0 Å². The summed E-state index contributed by atoms with van der Waals surface area (Å²) in [5.41, 5.74) is 0.432. The SMILES string of the molecule is COC(=O)Cn1cc(NC(=O)c2ccc(Cl)o2)cn1. The van der Waals surface area contributed by atoms with Crippen molar-refractivity contribution in [2.24, 2.45) is 0 Å². The van der Waals surface area contributed by atoms with Crippen molar-refractivity contribution in [2.45, 2.75) is 6.54 Å². The van der Waals surface area contributed by atoms with Gasteiger partial charge in [-0.15, -0.1) is 0 Å². The molecule has 0 aliphatic heterocycles. The Kier molecular flexibility index (Phi) is 3.86. The van der Waals surface area contributed by atoms with Crippen molar-refractivity contribution in [3.63, 3.8) is 0 Å². The molecule has 2 aromatic heterocycles. The molecular weight excluding hydrogens is 274 g/mol. The molecule has 0 saturated heterocycles. The molecule has 0 aliphatic carbocycles. The lowest BCUT2D eigenvalue weighted by Crippen LogP contribution is -2.12. The summed E-state index contributed by atoms with van der Waals surface area (Å²) >= 11 is 5.57. The van der Waals surface area contributed by atoms with Crippen LogP contribution in [0.1, 0.15) is 10.6 Å². The second-order valence-electron chi connectivity index (χ2n) is 3.56. The van der Waals surface area contributed by atoms with Crippen LogP contribution in [0.4, 0.5) is 5.69 Å². The number of furan rings is 1. The Hall–Kier alpha value is -2.28. The van der Waals surface area contributed by atoms with Crippen molar-refractivity contribution in [1.82, 2.24) is 9.78 Å². The number of carbonyl (C=O) groups excluding carboxylic acids is 2. The maximum atomic E-state index is 11.7. The average molecular weight is 284 g/mol. The number of halogens is 1. The van der Waals surface area contributed by atoms with Crippen LogP contribution in [0.2, 0.25) is 5.22 Å². The fourth-order valence-corrected chi connectivity index (χ4v) is 1.49. The molecule has 19 heavy (non-hydrogen) atoms. The summed E-state index contributed by atoms with van der Waals surface area (Å²) in [5, 5.41) is 6.59. The second-order valence-corrected chi connectivity index (χ2v) is 3.93. The van der Waals surface area contributed by atoms with Crippen LogP contribution in [-0.4, -0.2) is 28.8 Å². The number of nitrogens with one attached hydrogen (secondary N) is 1. The maximum Gasteiger partial charge on any atom is 0.327 e. The Morgan fingerprint density at radius 1 is 1.53 bits per heavy atom. The van der Waals surface area contributed by atoms with Crippen molar-refractivity contribution in [3.05, 3.63) is 35.5 Å². The summed E-state index contributed by atoms with van der Waals surface area (Å²) in [6.07, 6.45) is 2.91. The highest BCUT2D eigenvalue weighted by Crippen LogP contribution is 2.15. The summed E-state index contributed by atoms with van der Waals surface area (Å²) in [6, 6.07) is 2.92. The molecule has 0 atom stereocenters. The van der Waals surface area contributed by atoms with Crippen molar-refractivity contribution < 1.29 is 18.7 Å². The summed E-state index contributed by atoms with van der Waals surface area (Å²) in [7, 11) is 1.29. The van der Waals surface area contributed by atoms with Crippen molar-refractivity contribution in [1.29, 1.82) is 0 Å².